The van der Waals surface area contributed by atoms with Gasteiger partial charge in [0.1, 0.15) is 13.1 Å². The molecule has 0 aliphatic carbocycles. The molecule has 2 aromatic heterocycles. The summed E-state index contributed by atoms with van der Waals surface area (Å²) in [5, 5.41) is 1.42. The first kappa shape index (κ1) is 16.1. The number of halogens is 1. The average molecular weight is 358 g/mol. The van der Waals surface area contributed by atoms with Gasteiger partial charge in [-0.1, -0.05) is 17.7 Å². The summed E-state index contributed by atoms with van der Waals surface area (Å²) in [6.07, 6.45) is 1.78. The third kappa shape index (κ3) is 2.79. The molecule has 0 fully saturated rings. The summed E-state index contributed by atoms with van der Waals surface area (Å²) >= 11 is 6.43. The predicted octanol–water partition coefficient (Wildman–Crippen LogP) is 2.39. The minimum atomic E-state index is -0.314. The van der Waals surface area contributed by atoms with E-state index in [2.05, 4.69) is 4.98 Å². The van der Waals surface area contributed by atoms with Crippen LogP contribution in [0.5, 0.6) is 5.75 Å². The van der Waals surface area contributed by atoms with Gasteiger partial charge in [0.15, 0.2) is 11.3 Å². The van der Waals surface area contributed by atoms with Crippen LogP contribution in [-0.4, -0.2) is 11.7 Å². The minimum Gasteiger partial charge on any atom is -0.443 e. The van der Waals surface area contributed by atoms with Gasteiger partial charge >= 0.3 is 5.63 Å². The number of nitrogens with zero attached hydrogens (tertiary/aromatic N) is 1. The molecule has 6 heteroatoms. The minimum absolute atomic E-state index is 0.314. The van der Waals surface area contributed by atoms with Gasteiger partial charge in [0.25, 0.3) is 0 Å². The second-order valence-electron chi connectivity index (χ2n) is 6.40. The van der Waals surface area contributed by atoms with Crippen molar-refractivity contribution in [2.24, 2.45) is 0 Å². The van der Waals surface area contributed by atoms with Crippen LogP contribution in [0.15, 0.2) is 39.7 Å². The Bertz CT molecular complexity index is 1010. The van der Waals surface area contributed by atoms with Crippen molar-refractivity contribution in [1.29, 1.82) is 0 Å². The maximum Gasteiger partial charge on any atom is 0.339 e. The number of quaternary nitrogens is 1. The third-order valence-corrected chi connectivity index (χ3v) is 5.03. The van der Waals surface area contributed by atoms with Crippen LogP contribution in [0.2, 0.25) is 5.02 Å². The lowest BCUT2D eigenvalue weighted by molar-refractivity contribution is -0.946. The first-order valence-electron chi connectivity index (χ1n) is 8.16. The van der Waals surface area contributed by atoms with Crippen LogP contribution in [0.3, 0.4) is 0 Å². The van der Waals surface area contributed by atoms with Crippen LogP contribution in [-0.2, 0) is 13.1 Å². The largest absolute Gasteiger partial charge is 0.443 e. The van der Waals surface area contributed by atoms with Gasteiger partial charge in [0.2, 0.25) is 6.73 Å². The summed E-state index contributed by atoms with van der Waals surface area (Å²) in [6.45, 7) is 5.56. The molecule has 0 radical (unpaired) electrons. The molecule has 1 aliphatic heterocycles. The predicted molar refractivity (Wildman–Crippen MR) is 95.1 cm³/mol. The van der Waals surface area contributed by atoms with E-state index in [1.807, 2.05) is 31.2 Å². The van der Waals surface area contributed by atoms with Crippen LogP contribution < -0.4 is 15.3 Å². The molecule has 5 nitrogen and oxygen atoms in total. The topological polar surface area (TPSA) is 56.8 Å². The SMILES string of the molecule is Cc1c(C)c2cc(Cl)c3c(c2oc1=O)C[NH+](Cc1ccccn1)CO3. The fourth-order valence-electron chi connectivity index (χ4n) is 3.25. The van der Waals surface area contributed by atoms with Gasteiger partial charge in [-0.3, -0.25) is 9.88 Å². The summed E-state index contributed by atoms with van der Waals surface area (Å²) in [5.41, 5.74) is 3.60. The number of benzene rings is 1. The van der Waals surface area contributed by atoms with Gasteiger partial charge in [-0.15, -0.1) is 0 Å². The van der Waals surface area contributed by atoms with E-state index in [0.29, 0.717) is 35.2 Å². The first-order chi connectivity index (χ1) is 12.0. The van der Waals surface area contributed by atoms with E-state index in [-0.39, 0.29) is 5.63 Å². The fraction of sp³-hybridized carbons (Fsp3) is 0.263. The van der Waals surface area contributed by atoms with E-state index < -0.39 is 0 Å². The Morgan fingerprint density at radius 2 is 2.12 bits per heavy atom. The molecule has 1 N–H and O–H groups in total. The van der Waals surface area contributed by atoms with Crippen LogP contribution in [0.4, 0.5) is 0 Å². The molecule has 1 aliphatic rings. The highest BCUT2D eigenvalue weighted by Gasteiger charge is 2.28. The zero-order chi connectivity index (χ0) is 17.6. The number of nitrogens with one attached hydrogen (secondary N) is 1. The van der Waals surface area contributed by atoms with E-state index >= 15 is 0 Å². The Morgan fingerprint density at radius 1 is 1.28 bits per heavy atom. The lowest BCUT2D eigenvalue weighted by Crippen LogP contribution is -3.11. The van der Waals surface area contributed by atoms with Crippen LogP contribution >= 0.6 is 11.6 Å². The van der Waals surface area contributed by atoms with Crippen molar-refractivity contribution in [2.45, 2.75) is 26.9 Å². The van der Waals surface area contributed by atoms with Gasteiger partial charge in [-0.05, 0) is 37.6 Å². The maximum atomic E-state index is 12.1. The van der Waals surface area contributed by atoms with Crippen molar-refractivity contribution < 1.29 is 14.1 Å². The molecule has 1 unspecified atom stereocenters. The highest BCUT2D eigenvalue weighted by atomic mass is 35.5. The molecule has 3 heterocycles. The Hall–Kier alpha value is -2.37. The molecule has 0 saturated carbocycles. The molecule has 25 heavy (non-hydrogen) atoms. The van der Waals surface area contributed by atoms with Crippen molar-refractivity contribution >= 4 is 22.6 Å². The lowest BCUT2D eigenvalue weighted by atomic mass is 10.0. The van der Waals surface area contributed by atoms with Crippen molar-refractivity contribution in [3.05, 3.63) is 68.3 Å². The number of rotatable bonds is 2. The molecule has 4 rings (SSSR count). The number of hydrogen-bond acceptors (Lipinski definition) is 4. The van der Waals surface area contributed by atoms with E-state index in [9.17, 15) is 4.79 Å². The van der Waals surface area contributed by atoms with E-state index in [0.717, 1.165) is 28.8 Å². The summed E-state index contributed by atoms with van der Waals surface area (Å²) in [6, 6.07) is 7.68. The molecular weight excluding hydrogens is 340 g/mol. The van der Waals surface area contributed by atoms with Crippen molar-refractivity contribution in [3.63, 3.8) is 0 Å². The van der Waals surface area contributed by atoms with Crippen molar-refractivity contribution in [1.82, 2.24) is 4.98 Å². The monoisotopic (exact) mass is 357 g/mol. The van der Waals surface area contributed by atoms with Gasteiger partial charge in [-0.2, -0.15) is 0 Å². The Balaban J connectivity index is 1.80. The van der Waals surface area contributed by atoms with Gasteiger partial charge in [0, 0.05) is 17.1 Å². The maximum absolute atomic E-state index is 12.1. The van der Waals surface area contributed by atoms with E-state index in [1.165, 1.54) is 4.90 Å². The molecule has 128 valence electrons. The van der Waals surface area contributed by atoms with Crippen molar-refractivity contribution in [3.8, 4) is 5.75 Å². The summed E-state index contributed by atoms with van der Waals surface area (Å²) in [4.78, 5) is 17.7. The highest BCUT2D eigenvalue weighted by Crippen LogP contribution is 2.37. The third-order valence-electron chi connectivity index (χ3n) is 4.75. The number of hydrogen-bond donors (Lipinski definition) is 1. The molecule has 1 aromatic carbocycles. The van der Waals surface area contributed by atoms with Gasteiger partial charge < -0.3 is 9.15 Å². The summed E-state index contributed by atoms with van der Waals surface area (Å²) < 4.78 is 11.5. The second-order valence-corrected chi connectivity index (χ2v) is 6.80. The first-order valence-corrected chi connectivity index (χ1v) is 8.54. The van der Waals surface area contributed by atoms with E-state index in [4.69, 9.17) is 20.8 Å². The number of aryl methyl sites for hydroxylation is 1. The quantitative estimate of drug-likeness (QED) is 0.715. The molecule has 3 aromatic rings. The molecule has 0 bridgehead atoms. The molecule has 0 amide bonds. The Labute approximate surface area is 149 Å². The molecule has 0 spiro atoms. The van der Waals surface area contributed by atoms with Crippen LogP contribution in [0, 0.1) is 13.8 Å². The highest BCUT2D eigenvalue weighted by molar-refractivity contribution is 6.33. The zero-order valence-corrected chi connectivity index (χ0v) is 14.8. The molecule has 1 atom stereocenters. The zero-order valence-electron chi connectivity index (χ0n) is 14.1. The molecule has 0 saturated heterocycles. The van der Waals surface area contributed by atoms with Crippen LogP contribution in [0.25, 0.3) is 11.0 Å². The number of pyridine rings is 1. The average Bonchev–Trinajstić information content (AvgIpc) is 2.62. The summed E-state index contributed by atoms with van der Waals surface area (Å²) in [5.74, 6) is 0.616. The number of fused-ring (bicyclic) bond motifs is 3. The van der Waals surface area contributed by atoms with Crippen LogP contribution in [0.1, 0.15) is 22.4 Å². The Kier molecular flexibility index (Phi) is 3.98. The second kappa shape index (κ2) is 6.17. The summed E-state index contributed by atoms with van der Waals surface area (Å²) in [7, 11) is 0. The normalized spacial score (nSPS) is 16.5. The Morgan fingerprint density at radius 3 is 2.88 bits per heavy atom. The molecular formula is C19H18ClN2O3+. The van der Waals surface area contributed by atoms with E-state index in [1.54, 1.807) is 13.1 Å². The standard InChI is InChI=1S/C19H17ClN2O3/c1-11-12(2)19(23)25-17-14(11)7-16(20)18-15(17)9-22(10-24-18)8-13-5-3-4-6-21-13/h3-7H,8-10H2,1-2H3/p+1. The van der Waals surface area contributed by atoms with Gasteiger partial charge in [-0.25, -0.2) is 4.79 Å². The van der Waals surface area contributed by atoms with Crippen molar-refractivity contribution in [2.75, 3.05) is 6.73 Å². The van der Waals surface area contributed by atoms with Gasteiger partial charge in [0.05, 0.1) is 16.3 Å². The lowest BCUT2D eigenvalue weighted by Gasteiger charge is -2.27. The smallest absolute Gasteiger partial charge is 0.339 e. The fourth-order valence-corrected chi connectivity index (χ4v) is 3.53. The number of ether oxygens (including phenoxy) is 1. The number of aromatic nitrogens is 1.